The Morgan fingerprint density at radius 3 is 2.32 bits per heavy atom. The zero-order valence-electron chi connectivity index (χ0n) is 11.0. The van der Waals surface area contributed by atoms with E-state index in [0.29, 0.717) is 16.8 Å². The van der Waals surface area contributed by atoms with E-state index in [1.165, 1.54) is 0 Å². The molecule has 0 aliphatic carbocycles. The maximum Gasteiger partial charge on any atom is 0.161 e. The van der Waals surface area contributed by atoms with Gasteiger partial charge in [0.25, 0.3) is 0 Å². The Bertz CT molecular complexity index is 582. The van der Waals surface area contributed by atoms with Gasteiger partial charge in [0.1, 0.15) is 5.82 Å². The summed E-state index contributed by atoms with van der Waals surface area (Å²) in [6, 6.07) is 7.54. The molecule has 3 nitrogen and oxygen atoms in total. The topological polar surface area (TPSA) is 37.8 Å². The summed E-state index contributed by atoms with van der Waals surface area (Å²) in [5.41, 5.74) is 1.94. The normalized spacial score (nSPS) is 10.8. The molecule has 0 aliphatic heterocycles. The van der Waals surface area contributed by atoms with Crippen LogP contribution in [0.1, 0.15) is 25.5 Å². The number of nitrogens with one attached hydrogen (secondary N) is 1. The van der Waals surface area contributed by atoms with Crippen LogP contribution in [0.15, 0.2) is 28.7 Å². The molecule has 0 amide bonds. The zero-order chi connectivity index (χ0) is 14.0. The van der Waals surface area contributed by atoms with Gasteiger partial charge in [0.15, 0.2) is 5.82 Å². The minimum absolute atomic E-state index is 0.315. The number of hydrogen-bond donors (Lipinski definition) is 1. The Labute approximate surface area is 126 Å². The zero-order valence-corrected chi connectivity index (χ0v) is 13.4. The fourth-order valence-corrected chi connectivity index (χ4v) is 2.70. The third kappa shape index (κ3) is 3.07. The molecule has 19 heavy (non-hydrogen) atoms. The maximum absolute atomic E-state index is 5.90. The molecule has 0 radical (unpaired) electrons. The molecule has 0 bridgehead atoms. The van der Waals surface area contributed by atoms with Crippen LogP contribution in [0.25, 0.3) is 11.4 Å². The number of anilines is 1. The van der Waals surface area contributed by atoms with Crippen LogP contribution in [-0.4, -0.2) is 17.0 Å². The van der Waals surface area contributed by atoms with Gasteiger partial charge in [-0.25, -0.2) is 9.97 Å². The molecule has 0 aliphatic rings. The van der Waals surface area contributed by atoms with E-state index in [4.69, 9.17) is 11.6 Å². The Kier molecular flexibility index (Phi) is 4.42. The van der Waals surface area contributed by atoms with Crippen LogP contribution in [0, 0.1) is 0 Å². The van der Waals surface area contributed by atoms with Crippen molar-refractivity contribution in [1.82, 2.24) is 9.97 Å². The van der Waals surface area contributed by atoms with Crippen LogP contribution >= 0.6 is 27.5 Å². The predicted octanol–water partition coefficient (Wildman–Crippen LogP) is 4.72. The largest absolute Gasteiger partial charge is 0.372 e. The van der Waals surface area contributed by atoms with Crippen molar-refractivity contribution < 1.29 is 0 Å². The van der Waals surface area contributed by atoms with Crippen LogP contribution in [0.3, 0.4) is 0 Å². The smallest absolute Gasteiger partial charge is 0.161 e. The lowest BCUT2D eigenvalue weighted by Crippen LogP contribution is -2.04. The molecule has 1 aromatic heterocycles. The third-order valence-corrected chi connectivity index (χ3v) is 3.80. The monoisotopic (exact) mass is 339 g/mol. The highest BCUT2D eigenvalue weighted by Crippen LogP contribution is 2.31. The minimum atomic E-state index is 0.315. The molecular formula is C14H15BrClN3. The van der Waals surface area contributed by atoms with Gasteiger partial charge in [-0.05, 0) is 46.1 Å². The van der Waals surface area contributed by atoms with Gasteiger partial charge in [-0.15, -0.1) is 0 Å². The van der Waals surface area contributed by atoms with Crippen LogP contribution in [-0.2, 0) is 0 Å². The van der Waals surface area contributed by atoms with E-state index in [1.807, 2.05) is 31.3 Å². The molecule has 0 fully saturated rings. The number of aromatic nitrogens is 2. The van der Waals surface area contributed by atoms with Crippen molar-refractivity contribution in [3.8, 4) is 11.4 Å². The lowest BCUT2D eigenvalue weighted by molar-refractivity contribution is 0.810. The second-order valence-corrected chi connectivity index (χ2v) is 5.74. The van der Waals surface area contributed by atoms with Crippen molar-refractivity contribution >= 4 is 33.3 Å². The van der Waals surface area contributed by atoms with Crippen molar-refractivity contribution in [2.24, 2.45) is 0 Å². The SMILES string of the molecule is CNc1nc(-c2ccc(Cl)cc2)nc(C(C)C)c1Br. The molecular weight excluding hydrogens is 326 g/mol. The second kappa shape index (κ2) is 5.88. The number of rotatable bonds is 3. The minimum Gasteiger partial charge on any atom is -0.372 e. The van der Waals surface area contributed by atoms with E-state index in [9.17, 15) is 0 Å². The molecule has 0 unspecified atom stereocenters. The lowest BCUT2D eigenvalue weighted by Gasteiger charge is -2.13. The van der Waals surface area contributed by atoms with Gasteiger partial charge in [0, 0.05) is 17.6 Å². The van der Waals surface area contributed by atoms with Crippen LogP contribution in [0.4, 0.5) is 5.82 Å². The van der Waals surface area contributed by atoms with Crippen molar-refractivity contribution in [2.75, 3.05) is 12.4 Å². The highest BCUT2D eigenvalue weighted by molar-refractivity contribution is 9.10. The van der Waals surface area contributed by atoms with Crippen molar-refractivity contribution in [3.05, 3.63) is 39.5 Å². The summed E-state index contributed by atoms with van der Waals surface area (Å²) >= 11 is 9.46. The Hall–Kier alpha value is -1.13. The summed E-state index contributed by atoms with van der Waals surface area (Å²) in [7, 11) is 1.85. The molecule has 1 aromatic carbocycles. The molecule has 2 aromatic rings. The van der Waals surface area contributed by atoms with E-state index in [-0.39, 0.29) is 0 Å². The number of halogens is 2. The molecule has 2 rings (SSSR count). The van der Waals surface area contributed by atoms with Gasteiger partial charge >= 0.3 is 0 Å². The highest BCUT2D eigenvalue weighted by Gasteiger charge is 2.15. The fraction of sp³-hybridized carbons (Fsp3) is 0.286. The number of nitrogens with zero attached hydrogens (tertiary/aromatic N) is 2. The van der Waals surface area contributed by atoms with Gasteiger partial charge in [-0.2, -0.15) is 0 Å². The van der Waals surface area contributed by atoms with Crippen molar-refractivity contribution in [2.45, 2.75) is 19.8 Å². The molecule has 0 saturated carbocycles. The summed E-state index contributed by atoms with van der Waals surface area (Å²) in [5, 5.41) is 3.80. The summed E-state index contributed by atoms with van der Waals surface area (Å²) in [6.07, 6.45) is 0. The van der Waals surface area contributed by atoms with Gasteiger partial charge < -0.3 is 5.32 Å². The average Bonchev–Trinajstić information content (AvgIpc) is 2.39. The molecule has 0 saturated heterocycles. The second-order valence-electron chi connectivity index (χ2n) is 4.51. The van der Waals surface area contributed by atoms with E-state index in [2.05, 4.69) is 45.1 Å². The molecule has 5 heteroatoms. The van der Waals surface area contributed by atoms with Crippen LogP contribution < -0.4 is 5.32 Å². The average molecular weight is 341 g/mol. The van der Waals surface area contributed by atoms with Gasteiger partial charge in [-0.1, -0.05) is 25.4 Å². The summed E-state index contributed by atoms with van der Waals surface area (Å²) in [5.74, 6) is 1.81. The van der Waals surface area contributed by atoms with Gasteiger partial charge in [0.05, 0.1) is 10.2 Å². The maximum atomic E-state index is 5.90. The lowest BCUT2D eigenvalue weighted by atomic mass is 10.1. The first-order chi connectivity index (χ1) is 9.02. The number of hydrogen-bond acceptors (Lipinski definition) is 3. The van der Waals surface area contributed by atoms with E-state index < -0.39 is 0 Å². The van der Waals surface area contributed by atoms with E-state index in [0.717, 1.165) is 21.5 Å². The third-order valence-electron chi connectivity index (χ3n) is 2.76. The standard InChI is InChI=1S/C14H15BrClN3/c1-8(2)12-11(15)14(17-3)19-13(18-12)9-4-6-10(16)7-5-9/h4-8H,1-3H3,(H,17,18,19). The summed E-state index contributed by atoms with van der Waals surface area (Å²) < 4.78 is 0.919. The fourth-order valence-electron chi connectivity index (χ4n) is 1.74. The van der Waals surface area contributed by atoms with E-state index in [1.54, 1.807) is 0 Å². The van der Waals surface area contributed by atoms with Crippen molar-refractivity contribution in [3.63, 3.8) is 0 Å². The highest BCUT2D eigenvalue weighted by atomic mass is 79.9. The molecule has 0 spiro atoms. The Morgan fingerprint density at radius 2 is 1.79 bits per heavy atom. The summed E-state index contributed by atoms with van der Waals surface area (Å²) in [4.78, 5) is 9.16. The Morgan fingerprint density at radius 1 is 1.16 bits per heavy atom. The first kappa shape index (κ1) is 14.3. The Balaban J connectivity index is 2.57. The van der Waals surface area contributed by atoms with Gasteiger partial charge in [-0.3, -0.25) is 0 Å². The molecule has 1 N–H and O–H groups in total. The van der Waals surface area contributed by atoms with Crippen LogP contribution in [0.5, 0.6) is 0 Å². The quantitative estimate of drug-likeness (QED) is 0.878. The first-order valence-corrected chi connectivity index (χ1v) is 7.21. The molecule has 100 valence electrons. The van der Waals surface area contributed by atoms with Crippen molar-refractivity contribution in [1.29, 1.82) is 0 Å². The first-order valence-electron chi connectivity index (χ1n) is 6.04. The number of benzene rings is 1. The molecule has 0 atom stereocenters. The van der Waals surface area contributed by atoms with E-state index >= 15 is 0 Å². The van der Waals surface area contributed by atoms with Crippen LogP contribution in [0.2, 0.25) is 5.02 Å². The summed E-state index contributed by atoms with van der Waals surface area (Å²) in [6.45, 7) is 4.22. The predicted molar refractivity (Wildman–Crippen MR) is 83.8 cm³/mol. The molecule has 1 heterocycles. The van der Waals surface area contributed by atoms with Gasteiger partial charge in [0.2, 0.25) is 0 Å².